The van der Waals surface area contributed by atoms with Crippen LogP contribution in [0.3, 0.4) is 0 Å². The average molecular weight is 425 g/mol. The largest absolute Gasteiger partial charge is 2.00 e. The van der Waals surface area contributed by atoms with Gasteiger partial charge in [0.2, 0.25) is 0 Å². The second-order valence-corrected chi connectivity index (χ2v) is 3.93. The van der Waals surface area contributed by atoms with Crippen LogP contribution in [0.4, 0.5) is 0 Å². The molecule has 0 aromatic carbocycles. The number of hydrogen-bond donors (Lipinski definition) is 0. The summed E-state index contributed by atoms with van der Waals surface area (Å²) in [6, 6.07) is 0. The Bertz CT molecular complexity index is 198. The SMILES string of the molecule is CN(C)CCN=C[C]1[C-][CH][CH][CH]1.[CH]1[CH][CH][CH][CH]1.[Cl][Pd+].[Fe+2]. The smallest absolute Gasteiger partial charge is 2.00 e. The predicted octanol–water partition coefficient (Wildman–Crippen LogP) is 2.61. The minimum absolute atomic E-state index is 0. The summed E-state index contributed by atoms with van der Waals surface area (Å²) in [6.07, 6.45) is 20.8. The summed E-state index contributed by atoms with van der Waals surface area (Å²) in [5.41, 5.74) is 0. The molecule has 2 fully saturated rings. The van der Waals surface area contributed by atoms with E-state index in [0.29, 0.717) is 0 Å². The Kier molecular flexibility index (Phi) is 21.2. The van der Waals surface area contributed by atoms with Gasteiger partial charge in [0.25, 0.3) is 0 Å². The Morgan fingerprint density at radius 3 is 2.10 bits per heavy atom. The Hall–Kier alpha value is 1.10. The molecule has 0 bridgehead atoms. The minimum Gasteiger partial charge on any atom is 2.00 e. The first-order valence-electron chi connectivity index (χ1n) is 5.85. The molecule has 2 aliphatic carbocycles. The second-order valence-electron chi connectivity index (χ2n) is 3.93. The fourth-order valence-electron chi connectivity index (χ4n) is 1.17. The van der Waals surface area contributed by atoms with Crippen molar-refractivity contribution in [1.29, 1.82) is 0 Å². The van der Waals surface area contributed by atoms with Gasteiger partial charge in [0.15, 0.2) is 0 Å². The van der Waals surface area contributed by atoms with Crippen molar-refractivity contribution < 1.29 is 35.2 Å². The van der Waals surface area contributed by atoms with Crippen LogP contribution < -0.4 is 0 Å². The number of likely N-dealkylation sites (N-methyl/N-ethyl adjacent to an activating group) is 1. The Labute approximate surface area is 151 Å². The normalized spacial score (nSPS) is 18.3. The third-order valence-electron chi connectivity index (χ3n) is 2.08. The van der Waals surface area contributed by atoms with Crippen LogP contribution in [-0.4, -0.2) is 38.3 Å². The molecule has 2 rings (SSSR count). The molecule has 0 aromatic rings. The molecule has 0 unspecified atom stereocenters. The van der Waals surface area contributed by atoms with Gasteiger partial charge in [-0.3, -0.25) is 4.99 Å². The Morgan fingerprint density at radius 1 is 1.15 bits per heavy atom. The fraction of sp³-hybridized carbons (Fsp3) is 0.267. The molecule has 0 atom stereocenters. The maximum atomic E-state index is 4.49. The van der Waals surface area contributed by atoms with E-state index in [4.69, 9.17) is 0 Å². The quantitative estimate of drug-likeness (QED) is 0.385. The molecule has 20 heavy (non-hydrogen) atoms. The average Bonchev–Trinajstić information content (AvgIpc) is 3.12. The van der Waals surface area contributed by atoms with Crippen LogP contribution >= 0.6 is 9.53 Å². The number of halogens is 1. The van der Waals surface area contributed by atoms with Crippen LogP contribution in [0.25, 0.3) is 0 Å². The van der Waals surface area contributed by atoms with Gasteiger partial charge < -0.3 is 11.3 Å². The molecule has 112 valence electrons. The van der Waals surface area contributed by atoms with E-state index >= 15 is 0 Å². The predicted molar refractivity (Wildman–Crippen MR) is 78.7 cm³/mol. The molecule has 0 heterocycles. The summed E-state index contributed by atoms with van der Waals surface area (Å²) in [5.74, 6) is 1.06. The third-order valence-corrected chi connectivity index (χ3v) is 2.08. The van der Waals surface area contributed by atoms with E-state index in [9.17, 15) is 0 Å². The standard InChI is InChI=1S/C10H14N2.C5H5.ClH.Fe.Pd/c1-12(2)8-7-11-9-10-5-3-4-6-10;1-2-4-5-3-1;;;/h3-5,9H,7-8H2,1-2H3;1-5H;1H;;/q-1;;;2*+2/p-1. The van der Waals surface area contributed by atoms with Crippen LogP contribution in [0.5, 0.6) is 0 Å². The Balaban J connectivity index is 0. The summed E-state index contributed by atoms with van der Waals surface area (Å²) < 4.78 is 0. The van der Waals surface area contributed by atoms with Crippen molar-refractivity contribution in [2.45, 2.75) is 0 Å². The zero-order valence-electron chi connectivity index (χ0n) is 11.6. The number of nitrogens with zero attached hydrogens (tertiary/aromatic N) is 2. The van der Waals surface area contributed by atoms with Crippen LogP contribution in [0.2, 0.25) is 0 Å². The van der Waals surface area contributed by atoms with Crippen molar-refractivity contribution >= 4 is 15.7 Å². The van der Waals surface area contributed by atoms with Crippen molar-refractivity contribution in [3.63, 3.8) is 0 Å². The molecule has 0 spiro atoms. The molecule has 2 aliphatic rings. The number of hydrogen-bond acceptors (Lipinski definition) is 2. The monoisotopic (exact) mass is 424 g/mol. The van der Waals surface area contributed by atoms with E-state index in [-0.39, 0.29) is 17.1 Å². The summed E-state index contributed by atoms with van der Waals surface area (Å²) in [7, 11) is 8.58. The van der Waals surface area contributed by atoms with Gasteiger partial charge in [-0.1, -0.05) is 12.8 Å². The molecular weight excluding hydrogens is 406 g/mol. The molecule has 0 aliphatic heterocycles. The summed E-state index contributed by atoms with van der Waals surface area (Å²) in [6.45, 7) is 1.85. The molecule has 0 aromatic heterocycles. The molecule has 0 N–H and O–H groups in total. The number of rotatable bonds is 4. The van der Waals surface area contributed by atoms with Gasteiger partial charge in [-0.05, 0) is 52.4 Å². The van der Waals surface area contributed by atoms with Gasteiger partial charge in [0.05, 0.1) is 6.54 Å². The van der Waals surface area contributed by atoms with Crippen molar-refractivity contribution in [1.82, 2.24) is 4.90 Å². The molecule has 0 amide bonds. The summed E-state index contributed by atoms with van der Waals surface area (Å²) in [5, 5.41) is 0. The van der Waals surface area contributed by atoms with E-state index in [2.05, 4.69) is 44.0 Å². The second kappa shape index (κ2) is 18.2. The first-order valence-corrected chi connectivity index (χ1v) is 7.86. The van der Waals surface area contributed by atoms with Gasteiger partial charge in [0.1, 0.15) is 0 Å². The zero-order chi connectivity index (χ0) is 14.3. The van der Waals surface area contributed by atoms with Gasteiger partial charge in [-0.2, -0.15) is 5.92 Å². The van der Waals surface area contributed by atoms with Crippen LogP contribution in [0.1, 0.15) is 0 Å². The van der Waals surface area contributed by atoms with Crippen molar-refractivity contribution in [2.75, 3.05) is 27.2 Å². The number of aliphatic imine (C=N–C) groups is 1. The van der Waals surface area contributed by atoms with Crippen molar-refractivity contribution in [3.8, 4) is 0 Å². The van der Waals surface area contributed by atoms with Crippen LogP contribution in [0, 0.1) is 63.7 Å². The zero-order valence-corrected chi connectivity index (χ0v) is 15.0. The third kappa shape index (κ3) is 15.5. The summed E-state index contributed by atoms with van der Waals surface area (Å²) in [4.78, 5) is 6.37. The molecule has 2 saturated carbocycles. The van der Waals surface area contributed by atoms with E-state index in [1.165, 1.54) is 0 Å². The van der Waals surface area contributed by atoms with Gasteiger partial charge in [0, 0.05) is 6.54 Å². The minimum atomic E-state index is 0. The van der Waals surface area contributed by atoms with Gasteiger partial charge >= 0.3 is 44.8 Å². The molecular formula is C15H19ClFeN2Pd+2. The van der Waals surface area contributed by atoms with Crippen molar-refractivity contribution in [3.05, 3.63) is 63.7 Å². The van der Waals surface area contributed by atoms with Gasteiger partial charge in [-0.15, -0.1) is 0 Å². The van der Waals surface area contributed by atoms with Gasteiger partial charge in [-0.25, -0.2) is 6.42 Å². The Morgan fingerprint density at radius 2 is 1.70 bits per heavy atom. The van der Waals surface area contributed by atoms with Crippen LogP contribution in [0.15, 0.2) is 4.99 Å². The van der Waals surface area contributed by atoms with Crippen LogP contribution in [-0.2, 0) is 35.2 Å². The topological polar surface area (TPSA) is 15.6 Å². The molecule has 5 heteroatoms. The maximum Gasteiger partial charge on any atom is 2.00 e. The first kappa shape index (κ1) is 23.4. The van der Waals surface area contributed by atoms with Crippen molar-refractivity contribution in [2.24, 2.45) is 4.99 Å². The first-order chi connectivity index (χ1) is 9.29. The van der Waals surface area contributed by atoms with E-state index in [0.717, 1.165) is 19.0 Å². The maximum absolute atomic E-state index is 4.49. The molecule has 2 nitrogen and oxygen atoms in total. The van der Waals surface area contributed by atoms with E-state index in [1.807, 2.05) is 71.7 Å². The molecule has 0 saturated heterocycles. The fourth-order valence-corrected chi connectivity index (χ4v) is 1.17. The van der Waals surface area contributed by atoms with E-state index < -0.39 is 0 Å². The molecule has 10 radical (unpaired) electrons. The van der Waals surface area contributed by atoms with E-state index in [1.54, 1.807) is 0 Å². The summed E-state index contributed by atoms with van der Waals surface area (Å²) >= 11 is 2.22.